The Hall–Kier alpha value is -2.08. The third kappa shape index (κ3) is 4.06. The van der Waals surface area contributed by atoms with Crippen LogP contribution in [-0.4, -0.2) is 28.7 Å². The van der Waals surface area contributed by atoms with Crippen LogP contribution in [0.1, 0.15) is 28.8 Å². The molecule has 6 nitrogen and oxygen atoms in total. The normalized spacial score (nSPS) is 10.1. The first-order valence-corrected chi connectivity index (χ1v) is 5.61. The summed E-state index contributed by atoms with van der Waals surface area (Å²) in [5, 5.41) is 17.8. The largest absolute Gasteiger partial charge is 0.478 e. The molecule has 6 heteroatoms. The minimum atomic E-state index is -0.981. The average molecular weight is 251 g/mol. The smallest absolute Gasteiger partial charge is 0.335 e. The van der Waals surface area contributed by atoms with Crippen LogP contribution < -0.4 is 11.5 Å². The lowest BCUT2D eigenvalue weighted by atomic mass is 10.0. The van der Waals surface area contributed by atoms with Gasteiger partial charge in [-0.25, -0.2) is 9.79 Å². The van der Waals surface area contributed by atoms with Crippen molar-refractivity contribution in [1.29, 1.82) is 0 Å². The second kappa shape index (κ2) is 6.61. The summed E-state index contributed by atoms with van der Waals surface area (Å²) in [5.74, 6) is -1.05. The number of carbonyl (C=O) groups is 1. The number of unbranched alkanes of at least 4 members (excludes halogenated alkanes) is 1. The van der Waals surface area contributed by atoms with Gasteiger partial charge >= 0.3 is 5.97 Å². The molecule has 0 aromatic heterocycles. The van der Waals surface area contributed by atoms with E-state index in [2.05, 4.69) is 4.99 Å². The van der Waals surface area contributed by atoms with Crippen LogP contribution in [0.3, 0.4) is 0 Å². The number of hydrogen-bond donors (Lipinski definition) is 4. The van der Waals surface area contributed by atoms with Gasteiger partial charge in [0, 0.05) is 6.61 Å². The summed E-state index contributed by atoms with van der Waals surface area (Å²) in [6, 6.07) is 4.69. The van der Waals surface area contributed by atoms with Crippen molar-refractivity contribution in [3.05, 3.63) is 29.3 Å². The molecular weight excluding hydrogens is 234 g/mol. The molecule has 1 rings (SSSR count). The van der Waals surface area contributed by atoms with Crippen LogP contribution in [0.15, 0.2) is 23.2 Å². The number of carboxylic acids is 1. The molecule has 0 saturated carbocycles. The van der Waals surface area contributed by atoms with Crippen LogP contribution in [0.2, 0.25) is 0 Å². The Morgan fingerprint density at radius 2 is 2.00 bits per heavy atom. The van der Waals surface area contributed by atoms with Crippen LogP contribution >= 0.6 is 0 Å². The molecule has 18 heavy (non-hydrogen) atoms. The van der Waals surface area contributed by atoms with Gasteiger partial charge in [0.25, 0.3) is 0 Å². The van der Waals surface area contributed by atoms with Crippen molar-refractivity contribution in [2.45, 2.75) is 19.3 Å². The fourth-order valence-electron chi connectivity index (χ4n) is 1.64. The molecule has 0 spiro atoms. The monoisotopic (exact) mass is 251 g/mol. The van der Waals surface area contributed by atoms with E-state index in [-0.39, 0.29) is 18.1 Å². The SMILES string of the molecule is NC(N)=Nc1ccc(C(=O)O)c(CCCCO)c1. The molecule has 98 valence electrons. The molecule has 0 aliphatic rings. The Morgan fingerprint density at radius 3 is 2.56 bits per heavy atom. The van der Waals surface area contributed by atoms with Gasteiger partial charge in [0.1, 0.15) is 0 Å². The van der Waals surface area contributed by atoms with Crippen molar-refractivity contribution >= 4 is 17.6 Å². The summed E-state index contributed by atoms with van der Waals surface area (Å²) in [6.07, 6.45) is 1.91. The Labute approximate surface area is 105 Å². The van der Waals surface area contributed by atoms with Gasteiger partial charge in [-0.1, -0.05) is 0 Å². The van der Waals surface area contributed by atoms with Crippen LogP contribution in [0.5, 0.6) is 0 Å². The number of rotatable bonds is 6. The quantitative estimate of drug-likeness (QED) is 0.335. The van der Waals surface area contributed by atoms with Gasteiger partial charge in [-0.15, -0.1) is 0 Å². The number of hydrogen-bond acceptors (Lipinski definition) is 3. The summed E-state index contributed by atoms with van der Waals surface area (Å²) in [6.45, 7) is 0.0933. The Morgan fingerprint density at radius 1 is 1.28 bits per heavy atom. The van der Waals surface area contributed by atoms with E-state index in [1.54, 1.807) is 12.1 Å². The van der Waals surface area contributed by atoms with E-state index >= 15 is 0 Å². The molecule has 0 unspecified atom stereocenters. The lowest BCUT2D eigenvalue weighted by molar-refractivity contribution is 0.0695. The van der Waals surface area contributed by atoms with E-state index in [0.717, 1.165) is 0 Å². The standard InChI is InChI=1S/C12H17N3O3/c13-12(14)15-9-4-5-10(11(17)18)8(7-9)3-1-2-6-16/h4-5,7,16H,1-3,6H2,(H,17,18)(H4,13,14,15). The van der Waals surface area contributed by atoms with Crippen LogP contribution in [0, 0.1) is 0 Å². The lowest BCUT2D eigenvalue weighted by Gasteiger charge is -2.07. The third-order valence-corrected chi connectivity index (χ3v) is 2.43. The number of benzene rings is 1. The van der Waals surface area contributed by atoms with E-state index in [0.29, 0.717) is 30.5 Å². The fraction of sp³-hybridized carbons (Fsp3) is 0.333. The van der Waals surface area contributed by atoms with Crippen LogP contribution in [0.4, 0.5) is 5.69 Å². The van der Waals surface area contributed by atoms with E-state index in [1.165, 1.54) is 6.07 Å². The van der Waals surface area contributed by atoms with Crippen molar-refractivity contribution < 1.29 is 15.0 Å². The van der Waals surface area contributed by atoms with Crippen molar-refractivity contribution in [3.63, 3.8) is 0 Å². The summed E-state index contributed by atoms with van der Waals surface area (Å²) in [7, 11) is 0. The van der Waals surface area contributed by atoms with Crippen molar-refractivity contribution in [1.82, 2.24) is 0 Å². The van der Waals surface area contributed by atoms with E-state index < -0.39 is 5.97 Å². The minimum Gasteiger partial charge on any atom is -0.478 e. The number of aliphatic imine (C=N–C) groups is 1. The van der Waals surface area contributed by atoms with E-state index in [4.69, 9.17) is 21.7 Å². The van der Waals surface area contributed by atoms with Crippen LogP contribution in [0.25, 0.3) is 0 Å². The molecule has 0 aliphatic heterocycles. The third-order valence-electron chi connectivity index (χ3n) is 2.43. The number of aryl methyl sites for hydroxylation is 1. The fourth-order valence-corrected chi connectivity index (χ4v) is 1.64. The van der Waals surface area contributed by atoms with Gasteiger partial charge in [0.2, 0.25) is 0 Å². The first kappa shape index (κ1) is 14.0. The maximum atomic E-state index is 11.1. The highest BCUT2D eigenvalue weighted by Crippen LogP contribution is 2.20. The molecule has 0 atom stereocenters. The molecule has 0 saturated heterocycles. The molecule has 1 aromatic carbocycles. The molecule has 0 fully saturated rings. The van der Waals surface area contributed by atoms with Gasteiger partial charge in [0.15, 0.2) is 5.96 Å². The Balaban J connectivity index is 3.00. The lowest BCUT2D eigenvalue weighted by Crippen LogP contribution is -2.21. The first-order valence-electron chi connectivity index (χ1n) is 5.61. The average Bonchev–Trinajstić information content (AvgIpc) is 2.28. The number of carboxylic acid groups (broad SMARTS) is 1. The molecule has 0 amide bonds. The number of aliphatic hydroxyl groups excluding tert-OH is 1. The van der Waals surface area contributed by atoms with Gasteiger partial charge in [-0.05, 0) is 43.0 Å². The molecule has 6 N–H and O–H groups in total. The number of nitrogens with zero attached hydrogens (tertiary/aromatic N) is 1. The second-order valence-corrected chi connectivity index (χ2v) is 3.86. The highest BCUT2D eigenvalue weighted by atomic mass is 16.4. The van der Waals surface area contributed by atoms with Gasteiger partial charge < -0.3 is 21.7 Å². The summed E-state index contributed by atoms with van der Waals surface area (Å²) in [5.41, 5.74) is 12.0. The summed E-state index contributed by atoms with van der Waals surface area (Å²) >= 11 is 0. The zero-order valence-corrected chi connectivity index (χ0v) is 9.97. The highest BCUT2D eigenvalue weighted by Gasteiger charge is 2.10. The predicted molar refractivity (Wildman–Crippen MR) is 68.9 cm³/mol. The zero-order valence-electron chi connectivity index (χ0n) is 9.97. The maximum absolute atomic E-state index is 11.1. The first-order chi connectivity index (χ1) is 8.54. The molecule has 0 radical (unpaired) electrons. The van der Waals surface area contributed by atoms with Crippen molar-refractivity contribution in [2.24, 2.45) is 16.5 Å². The van der Waals surface area contributed by atoms with Gasteiger partial charge in [-0.3, -0.25) is 0 Å². The van der Waals surface area contributed by atoms with E-state index in [9.17, 15) is 4.79 Å². The highest BCUT2D eigenvalue weighted by molar-refractivity contribution is 5.90. The summed E-state index contributed by atoms with van der Waals surface area (Å²) in [4.78, 5) is 14.9. The number of aromatic carboxylic acids is 1. The molecule has 0 aliphatic carbocycles. The van der Waals surface area contributed by atoms with Gasteiger partial charge in [-0.2, -0.15) is 0 Å². The Bertz CT molecular complexity index is 454. The minimum absolute atomic E-state index is 0.0700. The number of aliphatic hydroxyl groups is 1. The molecular formula is C12H17N3O3. The summed E-state index contributed by atoms with van der Waals surface area (Å²) < 4.78 is 0. The number of nitrogens with two attached hydrogens (primary N) is 2. The number of guanidine groups is 1. The van der Waals surface area contributed by atoms with Crippen molar-refractivity contribution in [3.8, 4) is 0 Å². The maximum Gasteiger partial charge on any atom is 0.335 e. The van der Waals surface area contributed by atoms with Crippen LogP contribution in [-0.2, 0) is 6.42 Å². The topological polar surface area (TPSA) is 122 Å². The molecule has 0 heterocycles. The van der Waals surface area contributed by atoms with Crippen molar-refractivity contribution in [2.75, 3.05) is 6.61 Å². The molecule has 1 aromatic rings. The Kier molecular flexibility index (Phi) is 5.13. The van der Waals surface area contributed by atoms with E-state index in [1.807, 2.05) is 0 Å². The predicted octanol–water partition coefficient (Wildman–Crippen LogP) is 0.605. The second-order valence-electron chi connectivity index (χ2n) is 3.86. The van der Waals surface area contributed by atoms with Gasteiger partial charge in [0.05, 0.1) is 11.3 Å². The zero-order chi connectivity index (χ0) is 13.5. The molecule has 0 bridgehead atoms.